The maximum Gasteiger partial charge on any atom is 0.194 e. The number of phenolic OH excluding ortho intramolecular Hbond substituents is 1. The van der Waals surface area contributed by atoms with E-state index in [1.807, 2.05) is 6.92 Å². The predicted octanol–water partition coefficient (Wildman–Crippen LogP) is 5.04. The molecule has 0 aliphatic heterocycles. The average Bonchev–Trinajstić information content (AvgIpc) is 2.27. The minimum Gasteiger partial charge on any atom is -0.508 e. The smallest absolute Gasteiger partial charge is 0.194 e. The minimum atomic E-state index is 0.150. The van der Waals surface area contributed by atoms with Crippen LogP contribution in [0.15, 0.2) is 33.2 Å². The van der Waals surface area contributed by atoms with Gasteiger partial charge in [-0.25, -0.2) is 0 Å². The van der Waals surface area contributed by atoms with Crippen molar-refractivity contribution in [1.82, 2.24) is 0 Å². The third-order valence-corrected chi connectivity index (χ3v) is 3.37. The fourth-order valence-electron chi connectivity index (χ4n) is 1.80. The first-order chi connectivity index (χ1) is 8.49. The molecule has 94 valence electrons. The molecule has 0 saturated heterocycles. The van der Waals surface area contributed by atoms with E-state index in [2.05, 4.69) is 0 Å². The Kier molecular flexibility index (Phi) is 3.95. The second-order valence-electron chi connectivity index (χ2n) is 3.87. The number of phenols is 1. The zero-order valence-corrected chi connectivity index (χ0v) is 11.9. The minimum absolute atomic E-state index is 0.150. The lowest BCUT2D eigenvalue weighted by molar-refractivity contribution is 0.473. The van der Waals surface area contributed by atoms with Gasteiger partial charge in [-0.05, 0) is 49.3 Å². The molecule has 0 saturated carbocycles. The molecule has 0 aliphatic carbocycles. The van der Waals surface area contributed by atoms with Crippen molar-refractivity contribution in [2.24, 2.45) is 0 Å². The molecule has 0 aliphatic rings. The van der Waals surface area contributed by atoms with E-state index in [4.69, 9.17) is 39.8 Å². The molecule has 0 atom stereocenters. The van der Waals surface area contributed by atoms with Crippen LogP contribution < -0.4 is 0 Å². The van der Waals surface area contributed by atoms with Crippen molar-refractivity contribution in [2.45, 2.75) is 13.3 Å². The lowest BCUT2D eigenvalue weighted by Crippen LogP contribution is -1.91. The van der Waals surface area contributed by atoms with E-state index >= 15 is 0 Å². The average molecular weight is 301 g/mol. The third-order valence-electron chi connectivity index (χ3n) is 2.73. The van der Waals surface area contributed by atoms with Gasteiger partial charge in [0, 0.05) is 17.0 Å². The molecule has 0 bridgehead atoms. The van der Waals surface area contributed by atoms with Gasteiger partial charge in [0.15, 0.2) is 4.71 Å². The highest BCUT2D eigenvalue weighted by molar-refractivity contribution is 7.71. The molecule has 2 nitrogen and oxygen atoms in total. The number of halogens is 2. The zero-order valence-electron chi connectivity index (χ0n) is 9.54. The number of fused-ring (bicyclic) bond motifs is 1. The first-order valence-corrected chi connectivity index (χ1v) is 6.42. The highest BCUT2D eigenvalue weighted by atomic mass is 35.5. The van der Waals surface area contributed by atoms with Crippen molar-refractivity contribution < 1.29 is 9.52 Å². The standard InChI is InChI=1S/C13H10Cl2O2S/c1-7-9-3-2-8(16)6-11(9)17-13(18)10(7)4-5-12(14)15/h2-3,5-6,16H,4H2,1H3. The van der Waals surface area contributed by atoms with Gasteiger partial charge < -0.3 is 9.52 Å². The van der Waals surface area contributed by atoms with E-state index in [0.717, 1.165) is 16.5 Å². The third kappa shape index (κ3) is 2.69. The van der Waals surface area contributed by atoms with E-state index in [0.29, 0.717) is 16.7 Å². The van der Waals surface area contributed by atoms with Gasteiger partial charge in [-0.2, -0.15) is 0 Å². The summed E-state index contributed by atoms with van der Waals surface area (Å²) in [6.07, 6.45) is 2.19. The van der Waals surface area contributed by atoms with Crippen molar-refractivity contribution in [2.75, 3.05) is 0 Å². The van der Waals surface area contributed by atoms with E-state index in [9.17, 15) is 5.11 Å². The largest absolute Gasteiger partial charge is 0.508 e. The second kappa shape index (κ2) is 5.31. The molecule has 2 aromatic rings. The molecule has 2 rings (SSSR count). The first-order valence-electron chi connectivity index (χ1n) is 5.25. The summed E-state index contributed by atoms with van der Waals surface area (Å²) in [7, 11) is 0. The van der Waals surface area contributed by atoms with Crippen LogP contribution in [0.2, 0.25) is 0 Å². The topological polar surface area (TPSA) is 33.4 Å². The maximum atomic E-state index is 9.42. The van der Waals surface area contributed by atoms with E-state index in [1.165, 1.54) is 0 Å². The highest BCUT2D eigenvalue weighted by Gasteiger charge is 2.08. The number of allylic oxidation sites excluding steroid dienone is 1. The molecule has 1 aromatic heterocycles. The van der Waals surface area contributed by atoms with Crippen LogP contribution in [0.5, 0.6) is 5.75 Å². The summed E-state index contributed by atoms with van der Waals surface area (Å²) < 4.78 is 6.12. The van der Waals surface area contributed by atoms with Gasteiger partial charge in [0.2, 0.25) is 0 Å². The van der Waals surface area contributed by atoms with E-state index < -0.39 is 0 Å². The quantitative estimate of drug-likeness (QED) is 0.789. The van der Waals surface area contributed by atoms with Crippen LogP contribution in [0.3, 0.4) is 0 Å². The maximum absolute atomic E-state index is 9.42. The molecule has 1 aromatic carbocycles. The van der Waals surface area contributed by atoms with E-state index in [-0.39, 0.29) is 10.2 Å². The summed E-state index contributed by atoms with van der Waals surface area (Å²) in [4.78, 5) is 0. The molecule has 0 unspecified atom stereocenters. The molecule has 0 fully saturated rings. The van der Waals surface area contributed by atoms with Gasteiger partial charge in [-0.1, -0.05) is 23.2 Å². The molecule has 0 radical (unpaired) electrons. The number of rotatable bonds is 2. The Balaban J connectivity index is 2.65. The SMILES string of the molecule is Cc1c(CC=C(Cl)Cl)c(=S)oc2cc(O)ccc12. The fourth-order valence-corrected chi connectivity index (χ4v) is 2.28. The van der Waals surface area contributed by atoms with Crippen molar-refractivity contribution in [3.8, 4) is 5.75 Å². The van der Waals surface area contributed by atoms with Crippen LogP contribution in [0.4, 0.5) is 0 Å². The zero-order chi connectivity index (χ0) is 13.3. The summed E-state index contributed by atoms with van der Waals surface area (Å²) in [6.45, 7) is 1.95. The Morgan fingerprint density at radius 3 is 2.83 bits per heavy atom. The Bertz CT molecular complexity index is 685. The molecule has 0 amide bonds. The highest BCUT2D eigenvalue weighted by Crippen LogP contribution is 2.27. The lowest BCUT2D eigenvalue weighted by Gasteiger charge is -2.07. The molecular formula is C13H10Cl2O2S. The summed E-state index contributed by atoms with van der Waals surface area (Å²) in [5.41, 5.74) is 2.45. The molecule has 18 heavy (non-hydrogen) atoms. The van der Waals surface area contributed by atoms with Crippen molar-refractivity contribution in [1.29, 1.82) is 0 Å². The Morgan fingerprint density at radius 1 is 1.44 bits per heavy atom. The normalized spacial score (nSPS) is 10.6. The fraction of sp³-hybridized carbons (Fsp3) is 0.154. The van der Waals surface area contributed by atoms with Gasteiger partial charge >= 0.3 is 0 Å². The molecule has 1 heterocycles. The van der Waals surface area contributed by atoms with Gasteiger partial charge in [-0.3, -0.25) is 0 Å². The number of hydrogen-bond acceptors (Lipinski definition) is 3. The summed E-state index contributed by atoms with van der Waals surface area (Å²) in [5, 5.41) is 10.3. The van der Waals surface area contributed by atoms with Crippen LogP contribution in [-0.2, 0) is 6.42 Å². The Labute approximate surface area is 119 Å². The first kappa shape index (κ1) is 13.4. The summed E-state index contributed by atoms with van der Waals surface area (Å²) in [5.74, 6) is 0.150. The second-order valence-corrected chi connectivity index (χ2v) is 5.25. The van der Waals surface area contributed by atoms with Gasteiger partial charge in [0.05, 0.1) is 0 Å². The predicted molar refractivity (Wildman–Crippen MR) is 76.9 cm³/mol. The van der Waals surface area contributed by atoms with Crippen molar-refractivity contribution in [3.05, 3.63) is 44.6 Å². The van der Waals surface area contributed by atoms with Crippen LogP contribution in [-0.4, -0.2) is 5.11 Å². The van der Waals surface area contributed by atoms with Crippen molar-refractivity contribution >= 4 is 46.4 Å². The van der Waals surface area contributed by atoms with Crippen LogP contribution in [0, 0.1) is 11.6 Å². The van der Waals surface area contributed by atoms with Crippen LogP contribution in [0.1, 0.15) is 11.1 Å². The van der Waals surface area contributed by atoms with Gasteiger partial charge in [-0.15, -0.1) is 0 Å². The van der Waals surface area contributed by atoms with Crippen LogP contribution >= 0.6 is 35.4 Å². The number of benzene rings is 1. The monoisotopic (exact) mass is 300 g/mol. The Hall–Kier alpha value is -1.03. The number of hydrogen-bond donors (Lipinski definition) is 1. The lowest BCUT2D eigenvalue weighted by atomic mass is 10.0. The molecule has 5 heteroatoms. The molecule has 1 N–H and O–H groups in total. The van der Waals surface area contributed by atoms with E-state index in [1.54, 1.807) is 24.3 Å². The summed E-state index contributed by atoms with van der Waals surface area (Å²) >= 11 is 16.4. The summed E-state index contributed by atoms with van der Waals surface area (Å²) in [6, 6.07) is 4.96. The van der Waals surface area contributed by atoms with Gasteiger partial charge in [0.1, 0.15) is 15.8 Å². The molecular weight excluding hydrogens is 291 g/mol. The molecule has 0 spiro atoms. The Morgan fingerprint density at radius 2 is 2.17 bits per heavy atom. The number of aryl methyl sites for hydroxylation is 1. The van der Waals surface area contributed by atoms with Crippen molar-refractivity contribution in [3.63, 3.8) is 0 Å². The van der Waals surface area contributed by atoms with Crippen LogP contribution in [0.25, 0.3) is 11.0 Å². The number of aromatic hydroxyl groups is 1. The van der Waals surface area contributed by atoms with Gasteiger partial charge in [0.25, 0.3) is 0 Å².